The van der Waals surface area contributed by atoms with E-state index >= 15 is 0 Å². The topological polar surface area (TPSA) is 61.8 Å². The largest absolute Gasteiger partial charge is 0.355 e. The van der Waals surface area contributed by atoms with Gasteiger partial charge in [-0.3, -0.25) is 4.99 Å². The van der Waals surface area contributed by atoms with Gasteiger partial charge in [-0.2, -0.15) is 11.8 Å². The fourth-order valence-electron chi connectivity index (χ4n) is 1.95. The molecule has 1 heterocycles. The first-order valence-electron chi connectivity index (χ1n) is 6.80. The summed E-state index contributed by atoms with van der Waals surface area (Å²) in [5.74, 6) is 2.30. The summed E-state index contributed by atoms with van der Waals surface area (Å²) in [7, 11) is -1.16. The lowest BCUT2D eigenvalue weighted by Crippen LogP contribution is -2.48. The summed E-state index contributed by atoms with van der Waals surface area (Å²) in [6.45, 7) is 6.27. The van der Waals surface area contributed by atoms with Crippen molar-refractivity contribution in [2.75, 3.05) is 43.9 Å². The highest BCUT2D eigenvalue weighted by atomic mass is 32.2. The summed E-state index contributed by atoms with van der Waals surface area (Å²) in [6.07, 6.45) is 1.16. The number of guanidine groups is 1. The van der Waals surface area contributed by atoms with Crippen LogP contribution in [0.2, 0.25) is 0 Å². The molecular formula is C12H25N3O2S2. The van der Waals surface area contributed by atoms with Gasteiger partial charge in [0.05, 0.1) is 5.75 Å². The predicted molar refractivity (Wildman–Crippen MR) is 83.8 cm³/mol. The number of sulfone groups is 1. The van der Waals surface area contributed by atoms with Crippen LogP contribution in [0.25, 0.3) is 0 Å². The normalized spacial score (nSPS) is 21.5. The standard InChI is InChI=1S/C12H25N3O2S2/c1-4-11-10-15(7-8-18-11)12(13-3)14-6-9-19(16,17)5-2/h11H,4-10H2,1-3H3,(H,13,14). The van der Waals surface area contributed by atoms with Crippen LogP contribution >= 0.6 is 11.8 Å². The number of aliphatic imine (C=N–C) groups is 1. The van der Waals surface area contributed by atoms with Crippen molar-refractivity contribution in [1.29, 1.82) is 0 Å². The van der Waals surface area contributed by atoms with Crippen LogP contribution in [0.1, 0.15) is 20.3 Å². The molecule has 0 bridgehead atoms. The number of hydrogen-bond acceptors (Lipinski definition) is 4. The molecule has 1 fully saturated rings. The molecule has 1 unspecified atom stereocenters. The van der Waals surface area contributed by atoms with Gasteiger partial charge in [0, 0.05) is 43.4 Å². The number of hydrogen-bond donors (Lipinski definition) is 1. The molecule has 0 spiro atoms. The Bertz CT molecular complexity index is 396. The molecule has 5 nitrogen and oxygen atoms in total. The molecule has 0 aliphatic carbocycles. The van der Waals surface area contributed by atoms with E-state index in [9.17, 15) is 8.42 Å². The Hall–Kier alpha value is -0.430. The molecule has 0 aromatic carbocycles. The quantitative estimate of drug-likeness (QED) is 0.602. The molecule has 1 atom stereocenters. The molecule has 1 aliphatic heterocycles. The van der Waals surface area contributed by atoms with Crippen LogP contribution in [0, 0.1) is 0 Å². The van der Waals surface area contributed by atoms with Crippen molar-refractivity contribution in [2.24, 2.45) is 4.99 Å². The third kappa shape index (κ3) is 5.60. The lowest BCUT2D eigenvalue weighted by atomic mass is 10.3. The molecular weight excluding hydrogens is 282 g/mol. The van der Waals surface area contributed by atoms with E-state index in [1.54, 1.807) is 14.0 Å². The smallest absolute Gasteiger partial charge is 0.193 e. The maximum absolute atomic E-state index is 11.4. The Morgan fingerprint density at radius 1 is 1.47 bits per heavy atom. The van der Waals surface area contributed by atoms with Gasteiger partial charge in [-0.05, 0) is 6.42 Å². The van der Waals surface area contributed by atoms with E-state index in [0.29, 0.717) is 11.8 Å². The minimum absolute atomic E-state index is 0.169. The van der Waals surface area contributed by atoms with E-state index in [1.807, 2.05) is 11.8 Å². The summed E-state index contributed by atoms with van der Waals surface area (Å²) >= 11 is 2.01. The zero-order valence-corrected chi connectivity index (χ0v) is 13.7. The molecule has 0 radical (unpaired) electrons. The van der Waals surface area contributed by atoms with Crippen molar-refractivity contribution in [3.63, 3.8) is 0 Å². The van der Waals surface area contributed by atoms with Crippen LogP contribution in [-0.2, 0) is 9.84 Å². The SMILES string of the molecule is CCC1CN(C(=NC)NCCS(=O)(=O)CC)CCS1. The van der Waals surface area contributed by atoms with Gasteiger partial charge in [-0.25, -0.2) is 8.42 Å². The monoisotopic (exact) mass is 307 g/mol. The number of rotatable bonds is 5. The third-order valence-corrected chi connectivity index (χ3v) is 6.32. The van der Waals surface area contributed by atoms with E-state index in [-0.39, 0.29) is 11.5 Å². The van der Waals surface area contributed by atoms with E-state index in [0.717, 1.165) is 31.2 Å². The molecule has 0 aromatic rings. The van der Waals surface area contributed by atoms with E-state index in [1.165, 1.54) is 0 Å². The van der Waals surface area contributed by atoms with Crippen molar-refractivity contribution in [3.05, 3.63) is 0 Å². The molecule has 0 saturated carbocycles. The Kier molecular flexibility index (Phi) is 6.99. The van der Waals surface area contributed by atoms with Crippen molar-refractivity contribution < 1.29 is 8.42 Å². The Labute approximate surface area is 121 Å². The van der Waals surface area contributed by atoms with Crippen LogP contribution in [0.3, 0.4) is 0 Å². The van der Waals surface area contributed by atoms with Gasteiger partial charge in [0.2, 0.25) is 0 Å². The second-order valence-electron chi connectivity index (χ2n) is 4.56. The molecule has 0 aromatic heterocycles. The van der Waals surface area contributed by atoms with Gasteiger partial charge < -0.3 is 10.2 Å². The first-order chi connectivity index (χ1) is 9.02. The van der Waals surface area contributed by atoms with Gasteiger partial charge in [0.25, 0.3) is 0 Å². The van der Waals surface area contributed by atoms with Crippen LogP contribution in [-0.4, -0.2) is 68.5 Å². The summed E-state index contributed by atoms with van der Waals surface area (Å²) in [6, 6.07) is 0. The Morgan fingerprint density at radius 3 is 2.79 bits per heavy atom. The zero-order chi connectivity index (χ0) is 14.3. The average molecular weight is 307 g/mol. The first kappa shape index (κ1) is 16.6. The maximum Gasteiger partial charge on any atom is 0.193 e. The van der Waals surface area contributed by atoms with Crippen molar-refractivity contribution in [3.8, 4) is 0 Å². The van der Waals surface area contributed by atoms with Gasteiger partial charge in [-0.1, -0.05) is 13.8 Å². The average Bonchev–Trinajstić information content (AvgIpc) is 2.43. The van der Waals surface area contributed by atoms with Crippen LogP contribution in [0.4, 0.5) is 0 Å². The molecule has 1 saturated heterocycles. The fourth-order valence-corrected chi connectivity index (χ4v) is 3.84. The maximum atomic E-state index is 11.4. The lowest BCUT2D eigenvalue weighted by Gasteiger charge is -2.34. The highest BCUT2D eigenvalue weighted by molar-refractivity contribution is 8.00. The van der Waals surface area contributed by atoms with Crippen molar-refractivity contribution >= 4 is 27.6 Å². The van der Waals surface area contributed by atoms with Crippen LogP contribution < -0.4 is 5.32 Å². The number of nitrogens with zero attached hydrogens (tertiary/aromatic N) is 2. The lowest BCUT2D eigenvalue weighted by molar-refractivity contribution is 0.409. The molecule has 1 N–H and O–H groups in total. The first-order valence-corrected chi connectivity index (χ1v) is 9.67. The minimum Gasteiger partial charge on any atom is -0.355 e. The van der Waals surface area contributed by atoms with Gasteiger partial charge in [-0.15, -0.1) is 0 Å². The molecule has 7 heteroatoms. The Balaban J connectivity index is 2.46. The second kappa shape index (κ2) is 7.99. The Morgan fingerprint density at radius 2 is 2.21 bits per heavy atom. The number of nitrogens with one attached hydrogen (secondary N) is 1. The van der Waals surface area contributed by atoms with Gasteiger partial charge in [0.1, 0.15) is 0 Å². The second-order valence-corrected chi connectivity index (χ2v) is 8.44. The predicted octanol–water partition coefficient (Wildman–Crippen LogP) is 0.824. The van der Waals surface area contributed by atoms with Gasteiger partial charge >= 0.3 is 0 Å². The van der Waals surface area contributed by atoms with Gasteiger partial charge in [0.15, 0.2) is 15.8 Å². The van der Waals surface area contributed by atoms with E-state index in [2.05, 4.69) is 22.1 Å². The van der Waals surface area contributed by atoms with Crippen molar-refractivity contribution in [2.45, 2.75) is 25.5 Å². The number of thioether (sulfide) groups is 1. The summed E-state index contributed by atoms with van der Waals surface area (Å²) < 4.78 is 22.9. The minimum atomic E-state index is -2.91. The highest BCUT2D eigenvalue weighted by Crippen LogP contribution is 2.20. The van der Waals surface area contributed by atoms with Crippen LogP contribution in [0.15, 0.2) is 4.99 Å². The fraction of sp³-hybridized carbons (Fsp3) is 0.917. The van der Waals surface area contributed by atoms with E-state index < -0.39 is 9.84 Å². The molecule has 1 rings (SSSR count). The summed E-state index contributed by atoms with van der Waals surface area (Å²) in [5, 5.41) is 3.81. The van der Waals surface area contributed by atoms with Crippen LogP contribution in [0.5, 0.6) is 0 Å². The zero-order valence-electron chi connectivity index (χ0n) is 12.1. The molecule has 19 heavy (non-hydrogen) atoms. The third-order valence-electron chi connectivity index (χ3n) is 3.24. The van der Waals surface area contributed by atoms with Crippen molar-refractivity contribution in [1.82, 2.24) is 10.2 Å². The van der Waals surface area contributed by atoms with E-state index in [4.69, 9.17) is 0 Å². The summed E-state index contributed by atoms with van der Waals surface area (Å²) in [4.78, 5) is 6.48. The molecule has 112 valence electrons. The molecule has 0 amide bonds. The molecule has 1 aliphatic rings. The summed E-state index contributed by atoms with van der Waals surface area (Å²) in [5.41, 5.74) is 0. The highest BCUT2D eigenvalue weighted by Gasteiger charge is 2.21.